The van der Waals surface area contributed by atoms with Crippen LogP contribution in [0, 0.1) is 11.7 Å². The summed E-state index contributed by atoms with van der Waals surface area (Å²) >= 11 is 0. The molecule has 2 aliphatic heterocycles. The number of ketones is 1. The summed E-state index contributed by atoms with van der Waals surface area (Å²) in [5.74, 6) is 0.379. The largest absolute Gasteiger partial charge is 0.303 e. The molecule has 5 heteroatoms. The van der Waals surface area contributed by atoms with Crippen molar-refractivity contribution in [3.8, 4) is 0 Å². The number of likely N-dealkylation sites (tertiary alicyclic amines) is 1. The summed E-state index contributed by atoms with van der Waals surface area (Å²) in [5.41, 5.74) is 3.03. The molecule has 1 atom stereocenters. The molecule has 2 aromatic carbocycles. The second-order valence-corrected chi connectivity index (χ2v) is 8.53. The molecule has 158 valence electrons. The van der Waals surface area contributed by atoms with Crippen LogP contribution < -0.4 is 0 Å². The Hall–Kier alpha value is -2.37. The zero-order valence-corrected chi connectivity index (χ0v) is 17.3. The molecule has 0 bridgehead atoms. The first kappa shape index (κ1) is 20.9. The van der Waals surface area contributed by atoms with Crippen LogP contribution in [0.1, 0.15) is 53.2 Å². The number of carbonyl (C=O) groups excluding carboxylic acids is 2. The maximum absolute atomic E-state index is 13.0. The lowest BCUT2D eigenvalue weighted by Gasteiger charge is -2.34. The Labute approximate surface area is 177 Å². The van der Waals surface area contributed by atoms with E-state index in [1.165, 1.54) is 17.7 Å². The van der Waals surface area contributed by atoms with Gasteiger partial charge in [0.25, 0.3) is 0 Å². The first-order valence-corrected chi connectivity index (χ1v) is 10.9. The van der Waals surface area contributed by atoms with Crippen LogP contribution in [-0.4, -0.2) is 48.0 Å². The van der Waals surface area contributed by atoms with Gasteiger partial charge in [-0.25, -0.2) is 4.39 Å². The number of halogens is 1. The van der Waals surface area contributed by atoms with Crippen LogP contribution in [0.3, 0.4) is 0 Å². The Morgan fingerprint density at radius 3 is 2.53 bits per heavy atom. The van der Waals surface area contributed by atoms with Crippen molar-refractivity contribution in [2.24, 2.45) is 5.92 Å². The van der Waals surface area contributed by atoms with Gasteiger partial charge < -0.3 is 9.69 Å². The molecule has 2 aliphatic rings. The van der Waals surface area contributed by atoms with Gasteiger partial charge in [-0.05, 0) is 80.2 Å². The second-order valence-electron chi connectivity index (χ2n) is 8.53. The van der Waals surface area contributed by atoms with E-state index >= 15 is 0 Å². The third-order valence-corrected chi connectivity index (χ3v) is 6.51. The molecule has 1 saturated heterocycles. The van der Waals surface area contributed by atoms with Crippen molar-refractivity contribution >= 4 is 12.1 Å². The summed E-state index contributed by atoms with van der Waals surface area (Å²) in [6.07, 6.45) is 4.67. The van der Waals surface area contributed by atoms with Crippen LogP contribution in [0.5, 0.6) is 0 Å². The van der Waals surface area contributed by atoms with Gasteiger partial charge in [0.1, 0.15) is 12.1 Å². The molecule has 0 spiro atoms. The van der Waals surface area contributed by atoms with Gasteiger partial charge in [-0.2, -0.15) is 0 Å². The standard InChI is InChI=1S/C25H29FN2O2/c26-22-9-7-20(8-10-22)25(30)6-3-13-27-14-11-19(12-15-27)16-28-17-21-4-1-2-5-23(21)24(28)18-29/h1-2,4-5,7-10,18-19,24H,3,6,11-17H2. The molecule has 0 aliphatic carbocycles. The van der Waals surface area contributed by atoms with E-state index in [9.17, 15) is 14.0 Å². The molecule has 0 saturated carbocycles. The van der Waals surface area contributed by atoms with Crippen LogP contribution in [0.2, 0.25) is 0 Å². The highest BCUT2D eigenvalue weighted by molar-refractivity contribution is 5.95. The third kappa shape index (κ3) is 4.85. The van der Waals surface area contributed by atoms with E-state index in [-0.39, 0.29) is 17.6 Å². The minimum absolute atomic E-state index is 0.0818. The molecule has 4 rings (SSSR count). The van der Waals surface area contributed by atoms with Crippen LogP contribution in [0.15, 0.2) is 48.5 Å². The molecular formula is C25H29FN2O2. The highest BCUT2D eigenvalue weighted by atomic mass is 19.1. The molecule has 30 heavy (non-hydrogen) atoms. The molecular weight excluding hydrogens is 379 g/mol. The van der Waals surface area contributed by atoms with E-state index < -0.39 is 0 Å². The number of carbonyl (C=O) groups is 2. The highest BCUT2D eigenvalue weighted by Crippen LogP contribution is 2.34. The lowest BCUT2D eigenvalue weighted by molar-refractivity contribution is -0.112. The molecule has 2 heterocycles. The fourth-order valence-corrected chi connectivity index (χ4v) is 4.79. The van der Waals surface area contributed by atoms with E-state index in [1.54, 1.807) is 12.1 Å². The van der Waals surface area contributed by atoms with Gasteiger partial charge in [0.2, 0.25) is 0 Å². The quantitative estimate of drug-likeness (QED) is 0.484. The molecule has 4 nitrogen and oxygen atoms in total. The Balaban J connectivity index is 1.19. The second kappa shape index (κ2) is 9.63. The number of hydrogen-bond acceptors (Lipinski definition) is 4. The summed E-state index contributed by atoms with van der Waals surface area (Å²) in [6, 6.07) is 14.0. The summed E-state index contributed by atoms with van der Waals surface area (Å²) in [7, 11) is 0. The molecule has 2 aromatic rings. The van der Waals surface area contributed by atoms with Crippen molar-refractivity contribution in [1.29, 1.82) is 0 Å². The number of rotatable bonds is 8. The number of benzene rings is 2. The molecule has 0 amide bonds. The summed E-state index contributed by atoms with van der Waals surface area (Å²) < 4.78 is 13.0. The monoisotopic (exact) mass is 408 g/mol. The van der Waals surface area contributed by atoms with Crippen molar-refractivity contribution in [2.45, 2.75) is 38.3 Å². The number of fused-ring (bicyclic) bond motifs is 1. The minimum atomic E-state index is -0.313. The van der Waals surface area contributed by atoms with Gasteiger partial charge in [0.05, 0.1) is 6.04 Å². The van der Waals surface area contributed by atoms with Gasteiger partial charge in [-0.15, -0.1) is 0 Å². The smallest absolute Gasteiger partial charge is 0.162 e. The Bertz CT molecular complexity index is 875. The SMILES string of the molecule is O=CC1c2ccccc2CN1CC1CCN(CCCC(=O)c2ccc(F)cc2)CC1. The van der Waals surface area contributed by atoms with Crippen LogP contribution in [0.4, 0.5) is 4.39 Å². The van der Waals surface area contributed by atoms with Gasteiger partial charge in [-0.1, -0.05) is 24.3 Å². The Kier molecular flexibility index (Phi) is 6.70. The van der Waals surface area contributed by atoms with Crippen molar-refractivity contribution < 1.29 is 14.0 Å². The normalized spacial score (nSPS) is 20.2. The number of Topliss-reactive ketones (excluding diaryl/α,β-unsaturated/α-hetero) is 1. The minimum Gasteiger partial charge on any atom is -0.303 e. The predicted molar refractivity (Wildman–Crippen MR) is 115 cm³/mol. The number of aldehydes is 1. The number of hydrogen-bond donors (Lipinski definition) is 0. The van der Waals surface area contributed by atoms with Crippen molar-refractivity contribution in [1.82, 2.24) is 9.80 Å². The zero-order chi connectivity index (χ0) is 20.9. The maximum Gasteiger partial charge on any atom is 0.162 e. The zero-order valence-electron chi connectivity index (χ0n) is 17.3. The summed E-state index contributed by atoms with van der Waals surface area (Å²) in [5, 5.41) is 0. The van der Waals surface area contributed by atoms with E-state index in [0.717, 1.165) is 63.8 Å². The highest BCUT2D eigenvalue weighted by Gasteiger charge is 2.32. The Morgan fingerprint density at radius 2 is 1.80 bits per heavy atom. The van der Waals surface area contributed by atoms with E-state index in [4.69, 9.17) is 0 Å². The van der Waals surface area contributed by atoms with E-state index in [1.807, 2.05) is 12.1 Å². The van der Waals surface area contributed by atoms with Gasteiger partial charge >= 0.3 is 0 Å². The Morgan fingerprint density at radius 1 is 1.07 bits per heavy atom. The van der Waals surface area contributed by atoms with Crippen molar-refractivity contribution in [3.63, 3.8) is 0 Å². The topological polar surface area (TPSA) is 40.6 Å². The average molecular weight is 409 g/mol. The van der Waals surface area contributed by atoms with Gasteiger partial charge in [0.15, 0.2) is 5.78 Å². The van der Waals surface area contributed by atoms with Crippen LogP contribution in [0.25, 0.3) is 0 Å². The van der Waals surface area contributed by atoms with E-state index in [2.05, 4.69) is 21.9 Å². The predicted octanol–water partition coefficient (Wildman–Crippen LogP) is 4.26. The molecule has 1 fully saturated rings. The molecule has 0 radical (unpaired) electrons. The molecule has 0 N–H and O–H groups in total. The lowest BCUT2D eigenvalue weighted by atomic mass is 9.95. The summed E-state index contributed by atoms with van der Waals surface area (Å²) in [6.45, 7) is 4.84. The van der Waals surface area contributed by atoms with Crippen molar-refractivity contribution in [2.75, 3.05) is 26.2 Å². The average Bonchev–Trinajstić information content (AvgIpc) is 3.12. The summed E-state index contributed by atoms with van der Waals surface area (Å²) in [4.78, 5) is 28.6. The molecule has 1 unspecified atom stereocenters. The number of piperidine rings is 1. The maximum atomic E-state index is 13.0. The fraction of sp³-hybridized carbons (Fsp3) is 0.440. The lowest BCUT2D eigenvalue weighted by Crippen LogP contribution is -2.39. The fourth-order valence-electron chi connectivity index (χ4n) is 4.79. The first-order valence-electron chi connectivity index (χ1n) is 10.9. The van der Waals surface area contributed by atoms with Gasteiger partial charge in [0, 0.05) is 25.1 Å². The first-order chi connectivity index (χ1) is 14.6. The van der Waals surface area contributed by atoms with Crippen molar-refractivity contribution in [3.05, 3.63) is 71.0 Å². The van der Waals surface area contributed by atoms with Crippen LogP contribution in [-0.2, 0) is 11.3 Å². The molecule has 0 aromatic heterocycles. The third-order valence-electron chi connectivity index (χ3n) is 6.51. The van der Waals surface area contributed by atoms with Gasteiger partial charge in [-0.3, -0.25) is 9.69 Å². The number of nitrogens with zero attached hydrogens (tertiary/aromatic N) is 2. The van der Waals surface area contributed by atoms with Crippen LogP contribution >= 0.6 is 0 Å². The van der Waals surface area contributed by atoms with E-state index in [0.29, 0.717) is 17.9 Å².